The van der Waals surface area contributed by atoms with Gasteiger partial charge in [-0.15, -0.1) is 0 Å². The van der Waals surface area contributed by atoms with E-state index in [1.807, 2.05) is 39.6 Å². The van der Waals surface area contributed by atoms with E-state index < -0.39 is 0 Å². The van der Waals surface area contributed by atoms with Crippen LogP contribution in [0.15, 0.2) is 0 Å². The number of nitrogens with zero attached hydrogens (tertiary/aromatic N) is 1. The molecule has 5 nitrogen and oxygen atoms in total. The number of rotatable bonds is 4. The average molecular weight is 312 g/mol. The van der Waals surface area contributed by atoms with Crippen molar-refractivity contribution in [3.05, 3.63) is 0 Å². The summed E-state index contributed by atoms with van der Waals surface area (Å²) in [6.45, 7) is 14.2. The molecule has 0 aromatic carbocycles. The van der Waals surface area contributed by atoms with E-state index in [4.69, 9.17) is 0 Å². The fourth-order valence-corrected chi connectivity index (χ4v) is 3.20. The maximum Gasteiger partial charge on any atom is 0.280 e. The van der Waals surface area contributed by atoms with Gasteiger partial charge in [0.2, 0.25) is 0 Å². The minimum atomic E-state index is -0.234. The van der Waals surface area contributed by atoms with Gasteiger partial charge in [0.15, 0.2) is 12.6 Å². The molecule has 0 aliphatic carbocycles. The first kappa shape index (κ1) is 18.9. The van der Waals surface area contributed by atoms with E-state index in [1.165, 1.54) is 6.42 Å². The van der Waals surface area contributed by atoms with Gasteiger partial charge in [0, 0.05) is 18.6 Å². The number of piperidine rings is 1. The van der Waals surface area contributed by atoms with Gasteiger partial charge in [0.25, 0.3) is 11.8 Å². The molecule has 0 aromatic rings. The van der Waals surface area contributed by atoms with Crippen LogP contribution in [0.2, 0.25) is 0 Å². The topological polar surface area (TPSA) is 53.9 Å². The molecule has 2 N–H and O–H groups in total. The molecule has 1 rings (SSSR count). The Balaban J connectivity index is 2.56. The molecule has 1 heterocycles. The minimum absolute atomic E-state index is 0.00923. The molecule has 22 heavy (non-hydrogen) atoms. The molecule has 1 aliphatic rings. The molecule has 1 unspecified atom stereocenters. The van der Waals surface area contributed by atoms with Crippen LogP contribution in [0.4, 0.5) is 0 Å². The van der Waals surface area contributed by atoms with Crippen molar-refractivity contribution in [1.82, 2.24) is 10.2 Å². The van der Waals surface area contributed by atoms with Crippen LogP contribution < -0.4 is 10.2 Å². The highest BCUT2D eigenvalue weighted by Crippen LogP contribution is 2.21. The van der Waals surface area contributed by atoms with Crippen LogP contribution in [-0.4, -0.2) is 55.0 Å². The lowest BCUT2D eigenvalue weighted by Crippen LogP contribution is -3.15. The van der Waals surface area contributed by atoms with Crippen LogP contribution in [0, 0.1) is 11.8 Å². The molecule has 0 saturated carbocycles. The Morgan fingerprint density at radius 2 is 1.73 bits per heavy atom. The number of quaternary nitrogens is 1. The highest BCUT2D eigenvalue weighted by Gasteiger charge is 2.32. The largest absolute Gasteiger partial charge is 0.347 e. The highest BCUT2D eigenvalue weighted by atomic mass is 16.2. The second-order valence-electron chi connectivity index (χ2n) is 8.23. The lowest BCUT2D eigenvalue weighted by molar-refractivity contribution is -0.886. The van der Waals surface area contributed by atoms with Gasteiger partial charge in [-0.05, 0) is 46.0 Å². The number of likely N-dealkylation sites (N-methyl/N-ethyl adjacent to an activating group) is 1. The Bertz CT molecular complexity index is 393. The van der Waals surface area contributed by atoms with Gasteiger partial charge in [-0.2, -0.15) is 0 Å². The summed E-state index contributed by atoms with van der Waals surface area (Å²) < 4.78 is 0. The number of carbonyl (C=O) groups is 2. The second-order valence-corrected chi connectivity index (χ2v) is 8.23. The SMILES string of the molecule is C[C@H]1C[C@H](C)CN(C(=O)[C@@H](C)[NH+](C)CC(=O)NC(C)(C)C)C1. The maximum atomic E-state index is 12.7. The Morgan fingerprint density at radius 3 is 2.18 bits per heavy atom. The number of likely N-dealkylation sites (tertiary alicyclic amines) is 1. The van der Waals surface area contributed by atoms with Gasteiger partial charge in [-0.3, -0.25) is 9.59 Å². The smallest absolute Gasteiger partial charge is 0.280 e. The predicted octanol–water partition coefficient (Wildman–Crippen LogP) is 0.309. The monoisotopic (exact) mass is 312 g/mol. The lowest BCUT2D eigenvalue weighted by Gasteiger charge is -2.37. The minimum Gasteiger partial charge on any atom is -0.347 e. The lowest BCUT2D eigenvalue weighted by atomic mass is 9.91. The predicted molar refractivity (Wildman–Crippen MR) is 88.6 cm³/mol. The first-order valence-electron chi connectivity index (χ1n) is 8.41. The summed E-state index contributed by atoms with van der Waals surface area (Å²) in [4.78, 5) is 27.6. The zero-order valence-corrected chi connectivity index (χ0v) is 15.3. The number of hydrogen-bond acceptors (Lipinski definition) is 2. The Kier molecular flexibility index (Phi) is 6.41. The quantitative estimate of drug-likeness (QED) is 0.785. The van der Waals surface area contributed by atoms with Crippen molar-refractivity contribution < 1.29 is 14.5 Å². The molecule has 2 amide bonds. The van der Waals surface area contributed by atoms with Crippen molar-refractivity contribution in [1.29, 1.82) is 0 Å². The van der Waals surface area contributed by atoms with Crippen LogP contribution >= 0.6 is 0 Å². The summed E-state index contributed by atoms with van der Waals surface area (Å²) in [7, 11) is 1.92. The molecule has 4 atom stereocenters. The zero-order chi connectivity index (χ0) is 17.1. The molecule has 1 saturated heterocycles. The second kappa shape index (κ2) is 7.44. The third kappa shape index (κ3) is 5.95. The van der Waals surface area contributed by atoms with Crippen molar-refractivity contribution in [2.45, 2.75) is 59.5 Å². The first-order valence-corrected chi connectivity index (χ1v) is 8.41. The summed E-state index contributed by atoms with van der Waals surface area (Å²) >= 11 is 0. The summed E-state index contributed by atoms with van der Waals surface area (Å²) in [6, 6.07) is -0.191. The number of amides is 2. The first-order chi connectivity index (χ1) is 9.99. The van der Waals surface area contributed by atoms with Crippen molar-refractivity contribution in [3.63, 3.8) is 0 Å². The molecular weight excluding hydrogens is 278 g/mol. The standard InChI is InChI=1S/C17H33N3O2/c1-12-8-13(2)10-20(9-12)16(22)14(3)19(7)11-15(21)18-17(4,5)6/h12-14H,8-11H2,1-7H3,(H,18,21)/p+1/t12-,13-,14+/m0/s1. The van der Waals surface area contributed by atoms with E-state index >= 15 is 0 Å². The highest BCUT2D eigenvalue weighted by molar-refractivity contribution is 5.81. The van der Waals surface area contributed by atoms with Gasteiger partial charge in [-0.1, -0.05) is 13.8 Å². The van der Waals surface area contributed by atoms with Crippen LogP contribution in [0.5, 0.6) is 0 Å². The molecular formula is C17H34N3O2+. The van der Waals surface area contributed by atoms with Crippen LogP contribution in [0.25, 0.3) is 0 Å². The number of hydrogen-bond donors (Lipinski definition) is 2. The van der Waals surface area contributed by atoms with Crippen molar-refractivity contribution >= 4 is 11.8 Å². The van der Waals surface area contributed by atoms with Gasteiger partial charge >= 0.3 is 0 Å². The summed E-state index contributed by atoms with van der Waals surface area (Å²) in [5, 5.41) is 2.95. The number of nitrogens with one attached hydrogen (secondary N) is 2. The Morgan fingerprint density at radius 1 is 1.23 bits per heavy atom. The fraction of sp³-hybridized carbons (Fsp3) is 0.882. The Labute approximate surface area is 135 Å². The van der Waals surface area contributed by atoms with E-state index in [-0.39, 0.29) is 23.4 Å². The normalized spacial score (nSPS) is 25.5. The van der Waals surface area contributed by atoms with Gasteiger partial charge < -0.3 is 15.1 Å². The molecule has 0 radical (unpaired) electrons. The molecule has 0 aromatic heterocycles. The Hall–Kier alpha value is -1.10. The van der Waals surface area contributed by atoms with Crippen LogP contribution in [-0.2, 0) is 9.59 Å². The molecule has 1 fully saturated rings. The molecule has 0 bridgehead atoms. The summed E-state index contributed by atoms with van der Waals surface area (Å²) in [5.41, 5.74) is -0.234. The van der Waals surface area contributed by atoms with Crippen LogP contribution in [0.3, 0.4) is 0 Å². The molecule has 5 heteroatoms. The average Bonchev–Trinajstić information content (AvgIpc) is 2.33. The summed E-state index contributed by atoms with van der Waals surface area (Å²) in [5.74, 6) is 1.28. The van der Waals surface area contributed by atoms with E-state index in [1.54, 1.807) is 0 Å². The van der Waals surface area contributed by atoms with Crippen molar-refractivity contribution in [2.24, 2.45) is 11.8 Å². The van der Waals surface area contributed by atoms with Crippen molar-refractivity contribution in [2.75, 3.05) is 26.7 Å². The van der Waals surface area contributed by atoms with E-state index in [0.29, 0.717) is 18.4 Å². The molecule has 128 valence electrons. The zero-order valence-electron chi connectivity index (χ0n) is 15.3. The molecule has 1 aliphatic heterocycles. The van der Waals surface area contributed by atoms with Crippen LogP contribution in [0.1, 0.15) is 48.0 Å². The van der Waals surface area contributed by atoms with Crippen molar-refractivity contribution in [3.8, 4) is 0 Å². The van der Waals surface area contributed by atoms with Gasteiger partial charge in [0.1, 0.15) is 0 Å². The number of carbonyl (C=O) groups excluding carboxylic acids is 2. The summed E-state index contributed by atoms with van der Waals surface area (Å²) in [6.07, 6.45) is 1.19. The third-order valence-corrected chi connectivity index (χ3v) is 4.24. The van der Waals surface area contributed by atoms with E-state index in [2.05, 4.69) is 19.2 Å². The van der Waals surface area contributed by atoms with E-state index in [0.717, 1.165) is 18.0 Å². The molecule has 0 spiro atoms. The maximum absolute atomic E-state index is 12.7. The third-order valence-electron chi connectivity index (χ3n) is 4.24. The van der Waals surface area contributed by atoms with Gasteiger partial charge in [0.05, 0.1) is 7.05 Å². The fourth-order valence-electron chi connectivity index (χ4n) is 3.20. The van der Waals surface area contributed by atoms with E-state index in [9.17, 15) is 9.59 Å². The van der Waals surface area contributed by atoms with Gasteiger partial charge in [-0.25, -0.2) is 0 Å².